The lowest BCUT2D eigenvalue weighted by molar-refractivity contribution is -0.161. The first kappa shape index (κ1) is 98.1. The molecule has 19 heteroatoms. The lowest BCUT2D eigenvalue weighted by Gasteiger charge is -2.21. The Balaban J connectivity index is 5.22. The van der Waals surface area contributed by atoms with Gasteiger partial charge >= 0.3 is 39.5 Å². The lowest BCUT2D eigenvalue weighted by atomic mass is 9.99. The van der Waals surface area contributed by atoms with Gasteiger partial charge in [0.25, 0.3) is 0 Å². The standard InChI is InChI=1S/C81H158O17P2/c1-9-72(6)58-50-42-34-28-22-18-16-14-12-13-15-17-19-23-31-37-47-55-63-80(85)97-76(67-91-78(83)61-53-45-36-30-24-20-21-27-33-41-49-57-71(4)5)69-95-99(87,88)93-65-75(82)66-94-100(89,90)96-70-77(68-92-79(84)62-54-46-40-39-44-52-60-74(8)11-3)98-81(86)64-56-48-38-32-26-25-29-35-43-51-59-73(7)10-2/h71-77,82H,9-70H2,1-8H3,(H,87,88)(H,89,90)/t72?,73?,74?,75-,76-,77-/m1/s1. The lowest BCUT2D eigenvalue weighted by Crippen LogP contribution is -2.30. The maximum Gasteiger partial charge on any atom is 0.472 e. The minimum Gasteiger partial charge on any atom is -0.462 e. The van der Waals surface area contributed by atoms with E-state index in [9.17, 15) is 43.2 Å². The molecule has 0 aliphatic rings. The summed E-state index contributed by atoms with van der Waals surface area (Å²) in [5.74, 6) is 1.06. The summed E-state index contributed by atoms with van der Waals surface area (Å²) >= 11 is 0. The van der Waals surface area contributed by atoms with Crippen LogP contribution in [0.3, 0.4) is 0 Å². The van der Waals surface area contributed by atoms with Crippen molar-refractivity contribution in [1.82, 2.24) is 0 Å². The first-order valence-corrected chi connectivity index (χ1v) is 44.8. The summed E-state index contributed by atoms with van der Waals surface area (Å²) in [5.41, 5.74) is 0. The third-order valence-corrected chi connectivity index (χ3v) is 21.8. The first-order chi connectivity index (χ1) is 48.2. The predicted molar refractivity (Wildman–Crippen MR) is 409 cm³/mol. The molecule has 0 aromatic heterocycles. The van der Waals surface area contributed by atoms with Crippen molar-refractivity contribution in [2.45, 2.75) is 433 Å². The van der Waals surface area contributed by atoms with Gasteiger partial charge in [-0.25, -0.2) is 9.13 Å². The maximum absolute atomic E-state index is 13.1. The van der Waals surface area contributed by atoms with Gasteiger partial charge in [0.1, 0.15) is 19.3 Å². The Kier molecular flexibility index (Phi) is 68.7. The first-order valence-electron chi connectivity index (χ1n) is 41.8. The number of carbonyl (C=O) groups is 4. The summed E-state index contributed by atoms with van der Waals surface area (Å²) in [5, 5.41) is 10.6. The van der Waals surface area contributed by atoms with Crippen molar-refractivity contribution in [2.24, 2.45) is 23.7 Å². The van der Waals surface area contributed by atoms with Crippen LogP contribution < -0.4 is 0 Å². The number of hydrogen-bond donors (Lipinski definition) is 3. The number of carbonyl (C=O) groups excluding carboxylic acids is 4. The molecule has 0 rings (SSSR count). The van der Waals surface area contributed by atoms with Gasteiger partial charge < -0.3 is 33.8 Å². The number of aliphatic hydroxyl groups excluding tert-OH is 1. The molecule has 594 valence electrons. The quantitative estimate of drug-likeness (QED) is 0.0222. The van der Waals surface area contributed by atoms with Crippen molar-refractivity contribution in [3.05, 3.63) is 0 Å². The number of ether oxygens (including phenoxy) is 4. The summed E-state index contributed by atoms with van der Waals surface area (Å²) in [7, 11) is -9.92. The molecule has 0 spiro atoms. The number of phosphoric acid groups is 2. The molecule has 0 aliphatic carbocycles. The Morgan fingerprint density at radius 2 is 0.480 bits per heavy atom. The zero-order valence-electron chi connectivity index (χ0n) is 65.8. The van der Waals surface area contributed by atoms with Gasteiger partial charge in [0, 0.05) is 25.7 Å². The van der Waals surface area contributed by atoms with Gasteiger partial charge in [-0.2, -0.15) is 0 Å². The minimum atomic E-state index is -4.96. The highest BCUT2D eigenvalue weighted by Crippen LogP contribution is 2.45. The topological polar surface area (TPSA) is 237 Å². The van der Waals surface area contributed by atoms with Crippen LogP contribution in [-0.4, -0.2) is 96.7 Å². The molecule has 5 unspecified atom stereocenters. The third-order valence-electron chi connectivity index (χ3n) is 19.9. The van der Waals surface area contributed by atoms with Crippen LogP contribution >= 0.6 is 15.6 Å². The van der Waals surface area contributed by atoms with E-state index in [4.69, 9.17) is 37.0 Å². The van der Waals surface area contributed by atoms with Crippen LogP contribution in [0, 0.1) is 23.7 Å². The Hall–Kier alpha value is -1.94. The molecule has 0 aliphatic heterocycles. The molecule has 0 saturated heterocycles. The highest BCUT2D eigenvalue weighted by molar-refractivity contribution is 7.47. The van der Waals surface area contributed by atoms with E-state index in [1.807, 2.05) is 0 Å². The van der Waals surface area contributed by atoms with E-state index in [0.717, 1.165) is 120 Å². The van der Waals surface area contributed by atoms with Gasteiger partial charge in [0.2, 0.25) is 0 Å². The molecule has 0 heterocycles. The van der Waals surface area contributed by atoms with Crippen molar-refractivity contribution in [3.8, 4) is 0 Å². The molecule has 17 nitrogen and oxygen atoms in total. The molecule has 0 amide bonds. The van der Waals surface area contributed by atoms with E-state index < -0.39 is 97.5 Å². The molecule has 0 saturated carbocycles. The zero-order chi connectivity index (χ0) is 73.8. The van der Waals surface area contributed by atoms with E-state index in [1.54, 1.807) is 0 Å². The zero-order valence-corrected chi connectivity index (χ0v) is 67.6. The summed E-state index contributed by atoms with van der Waals surface area (Å²) in [6.45, 7) is 14.3. The molecular weight excluding hydrogens is 1310 g/mol. The van der Waals surface area contributed by atoms with Crippen LogP contribution in [0.25, 0.3) is 0 Å². The second-order valence-corrected chi connectivity index (χ2v) is 33.3. The number of hydrogen-bond acceptors (Lipinski definition) is 15. The Labute approximate surface area is 613 Å². The summed E-state index contributed by atoms with van der Waals surface area (Å²) in [4.78, 5) is 73.0. The average Bonchev–Trinajstić information content (AvgIpc) is 0.935. The molecular formula is C81H158O17P2. The van der Waals surface area contributed by atoms with Crippen molar-refractivity contribution in [1.29, 1.82) is 0 Å². The predicted octanol–water partition coefficient (Wildman–Crippen LogP) is 24.0. The van der Waals surface area contributed by atoms with Crippen LogP contribution in [0.4, 0.5) is 0 Å². The van der Waals surface area contributed by atoms with Gasteiger partial charge in [-0.05, 0) is 49.4 Å². The van der Waals surface area contributed by atoms with Gasteiger partial charge in [0.15, 0.2) is 12.2 Å². The minimum absolute atomic E-state index is 0.105. The smallest absolute Gasteiger partial charge is 0.462 e. The van der Waals surface area contributed by atoms with E-state index in [2.05, 4.69) is 55.4 Å². The van der Waals surface area contributed by atoms with E-state index in [-0.39, 0.29) is 25.7 Å². The Bertz CT molecular complexity index is 1960. The summed E-state index contributed by atoms with van der Waals surface area (Å²) in [6.07, 6.45) is 56.9. The van der Waals surface area contributed by atoms with Crippen molar-refractivity contribution in [2.75, 3.05) is 39.6 Å². The molecule has 100 heavy (non-hydrogen) atoms. The second-order valence-electron chi connectivity index (χ2n) is 30.4. The van der Waals surface area contributed by atoms with Gasteiger partial charge in [-0.15, -0.1) is 0 Å². The number of esters is 4. The third kappa shape index (κ3) is 70.4. The fourth-order valence-corrected chi connectivity index (χ4v) is 13.9. The fraction of sp³-hybridized carbons (Fsp3) is 0.951. The van der Waals surface area contributed by atoms with Crippen LogP contribution in [0.15, 0.2) is 0 Å². The average molecular weight is 1470 g/mol. The van der Waals surface area contributed by atoms with E-state index in [0.29, 0.717) is 25.7 Å². The van der Waals surface area contributed by atoms with Gasteiger partial charge in [-0.1, -0.05) is 364 Å². The molecule has 8 atom stereocenters. The number of phosphoric ester groups is 2. The number of rotatable bonds is 78. The SMILES string of the molecule is CCC(C)CCCCCCCCCCCCCCCCCCCCC(=O)O[C@H](COC(=O)CCCCCCCCCCCCCC(C)C)COP(=O)(O)OC[C@@H](O)COP(=O)(O)OC[C@@H](COC(=O)CCCCCCCCC(C)CC)OC(=O)CCCCCCCCCCCCC(C)CC. The molecule has 0 aromatic rings. The number of aliphatic hydroxyl groups is 1. The van der Waals surface area contributed by atoms with Crippen molar-refractivity contribution in [3.63, 3.8) is 0 Å². The highest BCUT2D eigenvalue weighted by atomic mass is 31.2. The van der Waals surface area contributed by atoms with Crippen LogP contribution in [0.5, 0.6) is 0 Å². The number of unbranched alkanes of at least 4 members (excludes halogenated alkanes) is 41. The van der Waals surface area contributed by atoms with Crippen molar-refractivity contribution < 1.29 is 80.2 Å². The van der Waals surface area contributed by atoms with Gasteiger partial charge in [-0.3, -0.25) is 37.3 Å². The van der Waals surface area contributed by atoms with E-state index >= 15 is 0 Å². The maximum atomic E-state index is 13.1. The normalized spacial score (nSPS) is 14.8. The molecule has 3 N–H and O–H groups in total. The van der Waals surface area contributed by atoms with Crippen LogP contribution in [-0.2, 0) is 65.4 Å². The molecule has 0 radical (unpaired) electrons. The Morgan fingerprint density at radius 3 is 0.710 bits per heavy atom. The molecule has 0 aromatic carbocycles. The molecule has 0 fully saturated rings. The summed E-state index contributed by atoms with van der Waals surface area (Å²) in [6, 6.07) is 0. The second kappa shape index (κ2) is 70.1. The van der Waals surface area contributed by atoms with Gasteiger partial charge in [0.05, 0.1) is 26.4 Å². The summed E-state index contributed by atoms with van der Waals surface area (Å²) < 4.78 is 68.7. The fourth-order valence-electron chi connectivity index (χ4n) is 12.3. The van der Waals surface area contributed by atoms with Crippen LogP contribution in [0.1, 0.15) is 415 Å². The molecule has 0 bridgehead atoms. The van der Waals surface area contributed by atoms with Crippen LogP contribution in [0.2, 0.25) is 0 Å². The highest BCUT2D eigenvalue weighted by Gasteiger charge is 2.30. The van der Waals surface area contributed by atoms with Crippen molar-refractivity contribution >= 4 is 39.5 Å². The largest absolute Gasteiger partial charge is 0.472 e. The van der Waals surface area contributed by atoms with E-state index in [1.165, 1.54) is 212 Å². The Morgan fingerprint density at radius 1 is 0.280 bits per heavy atom. The monoisotopic (exact) mass is 1470 g/mol.